The van der Waals surface area contributed by atoms with Gasteiger partial charge >= 0.3 is 12.0 Å². The number of guanidine groups is 1. The molecule has 3 aliphatic heterocycles. The van der Waals surface area contributed by atoms with Gasteiger partial charge in [-0.15, -0.1) is 0 Å². The molecule has 4 rings (SSSR count). The van der Waals surface area contributed by atoms with E-state index in [4.69, 9.17) is 10.5 Å². The molecule has 1 unspecified atom stereocenters. The molecular formula is C18H21N6O4+. The number of ether oxygens (including phenoxy) is 1. The van der Waals surface area contributed by atoms with Crippen molar-refractivity contribution >= 4 is 35.3 Å². The number of primary amides is 1. The minimum atomic E-state index is -0.740. The predicted octanol–water partition coefficient (Wildman–Crippen LogP) is -0.566. The Morgan fingerprint density at radius 2 is 2.04 bits per heavy atom. The number of anilines is 1. The van der Waals surface area contributed by atoms with E-state index in [1.54, 1.807) is 14.2 Å². The summed E-state index contributed by atoms with van der Waals surface area (Å²) in [6, 6.07) is 6.23. The topological polar surface area (TPSA) is 112 Å². The average molecular weight is 385 g/mol. The SMILES string of the molecule is COc1ccc(N2CCC[N+]3=C2N=C2C3C(=O)N(CC(N)=O)C(=O)N2C)cc1. The molecule has 0 aromatic heterocycles. The highest BCUT2D eigenvalue weighted by Gasteiger charge is 2.54. The van der Waals surface area contributed by atoms with Crippen LogP contribution in [0.1, 0.15) is 6.42 Å². The summed E-state index contributed by atoms with van der Waals surface area (Å²) >= 11 is 0. The molecule has 1 saturated heterocycles. The summed E-state index contributed by atoms with van der Waals surface area (Å²) in [4.78, 5) is 45.7. The molecule has 28 heavy (non-hydrogen) atoms. The highest BCUT2D eigenvalue weighted by atomic mass is 16.5. The second-order valence-corrected chi connectivity index (χ2v) is 6.80. The quantitative estimate of drug-likeness (QED) is 0.698. The molecule has 0 radical (unpaired) electrons. The van der Waals surface area contributed by atoms with Crippen molar-refractivity contribution < 1.29 is 23.7 Å². The number of nitrogens with two attached hydrogens (primary N) is 1. The highest BCUT2D eigenvalue weighted by molar-refractivity contribution is 6.24. The zero-order chi connectivity index (χ0) is 20.0. The van der Waals surface area contributed by atoms with Crippen molar-refractivity contribution in [1.82, 2.24) is 9.80 Å². The van der Waals surface area contributed by atoms with Gasteiger partial charge in [0.25, 0.3) is 5.91 Å². The molecule has 0 spiro atoms. The monoisotopic (exact) mass is 385 g/mol. The normalized spacial score (nSPS) is 21.6. The summed E-state index contributed by atoms with van der Waals surface area (Å²) in [7, 11) is 3.15. The van der Waals surface area contributed by atoms with Crippen molar-refractivity contribution in [3.05, 3.63) is 24.3 Å². The van der Waals surface area contributed by atoms with Crippen LogP contribution >= 0.6 is 0 Å². The van der Waals surface area contributed by atoms with Crippen LogP contribution in [-0.2, 0) is 9.59 Å². The summed E-state index contributed by atoms with van der Waals surface area (Å²) in [6.07, 6.45) is 0.815. The Kier molecular flexibility index (Phi) is 4.25. The lowest BCUT2D eigenvalue weighted by atomic mass is 10.1. The van der Waals surface area contributed by atoms with Crippen LogP contribution in [0.25, 0.3) is 0 Å². The minimum absolute atomic E-state index is 0.367. The molecule has 0 bridgehead atoms. The van der Waals surface area contributed by atoms with Crippen molar-refractivity contribution in [3.8, 4) is 5.75 Å². The first-order valence-corrected chi connectivity index (χ1v) is 8.93. The second kappa shape index (κ2) is 6.63. The van der Waals surface area contributed by atoms with E-state index in [0.717, 1.165) is 29.3 Å². The third-order valence-corrected chi connectivity index (χ3v) is 5.11. The van der Waals surface area contributed by atoms with E-state index in [1.807, 2.05) is 33.7 Å². The Hall–Kier alpha value is -3.43. The standard InChI is InChI=1S/C18H20N6O4/c1-21-15-14(16(26)24(18(21)27)10-13(19)25)23-9-3-8-22(17(23)20-15)11-4-6-12(28-2)7-5-11/h4-7,14H,3,8-10H2,1-2H3,(H-,19,25)/p+1. The van der Waals surface area contributed by atoms with Crippen molar-refractivity contribution in [2.24, 2.45) is 10.7 Å². The van der Waals surface area contributed by atoms with Crippen LogP contribution < -0.4 is 15.4 Å². The number of carbonyl (C=O) groups is 3. The summed E-state index contributed by atoms with van der Waals surface area (Å²) in [5.74, 6) is 0.511. The molecule has 146 valence electrons. The highest BCUT2D eigenvalue weighted by Crippen LogP contribution is 2.27. The first-order chi connectivity index (χ1) is 13.4. The molecule has 10 heteroatoms. The van der Waals surface area contributed by atoms with Gasteiger partial charge in [-0.2, -0.15) is 0 Å². The van der Waals surface area contributed by atoms with Crippen molar-refractivity contribution in [2.45, 2.75) is 12.5 Å². The van der Waals surface area contributed by atoms with E-state index in [9.17, 15) is 14.4 Å². The number of imide groups is 1. The molecule has 1 aromatic rings. The lowest BCUT2D eigenvalue weighted by molar-refractivity contribution is -0.539. The molecule has 1 atom stereocenters. The number of amides is 4. The molecule has 1 fully saturated rings. The third-order valence-electron chi connectivity index (χ3n) is 5.11. The number of urea groups is 1. The van der Waals surface area contributed by atoms with Gasteiger partial charge in [0.2, 0.25) is 17.8 Å². The third kappa shape index (κ3) is 2.68. The largest absolute Gasteiger partial charge is 0.497 e. The fraction of sp³-hybridized carbons (Fsp3) is 0.389. The summed E-state index contributed by atoms with van der Waals surface area (Å²) in [5.41, 5.74) is 6.13. The van der Waals surface area contributed by atoms with Gasteiger partial charge in [0.15, 0.2) is 0 Å². The summed E-state index contributed by atoms with van der Waals surface area (Å²) < 4.78 is 7.09. The molecule has 4 amide bonds. The van der Waals surface area contributed by atoms with Crippen LogP contribution in [0.15, 0.2) is 29.3 Å². The van der Waals surface area contributed by atoms with Crippen molar-refractivity contribution in [2.75, 3.05) is 38.7 Å². The van der Waals surface area contributed by atoms with Crippen molar-refractivity contribution in [1.29, 1.82) is 0 Å². The Morgan fingerprint density at radius 3 is 2.68 bits per heavy atom. The van der Waals surface area contributed by atoms with E-state index in [2.05, 4.69) is 4.99 Å². The lowest BCUT2D eigenvalue weighted by Gasteiger charge is -2.34. The van der Waals surface area contributed by atoms with Crippen molar-refractivity contribution in [3.63, 3.8) is 0 Å². The number of likely N-dealkylation sites (N-methyl/N-ethyl adjacent to an activating group) is 1. The number of rotatable bonds is 4. The maximum absolute atomic E-state index is 13.0. The maximum Gasteiger partial charge on any atom is 0.397 e. The first kappa shape index (κ1) is 18.0. The van der Waals surface area contributed by atoms with Crippen LogP contribution in [0.3, 0.4) is 0 Å². The molecule has 3 heterocycles. The molecule has 2 N–H and O–H groups in total. The number of amidine groups is 1. The van der Waals surface area contributed by atoms with Gasteiger partial charge in [0.1, 0.15) is 18.0 Å². The van der Waals surface area contributed by atoms with Gasteiger partial charge in [0.05, 0.1) is 20.2 Å². The fourth-order valence-corrected chi connectivity index (χ4v) is 3.76. The number of benzene rings is 1. The minimum Gasteiger partial charge on any atom is -0.497 e. The van der Waals surface area contributed by atoms with E-state index >= 15 is 0 Å². The Bertz CT molecular complexity index is 923. The number of methoxy groups -OCH3 is 1. The van der Waals surface area contributed by atoms with Gasteiger partial charge in [-0.05, 0) is 24.3 Å². The van der Waals surface area contributed by atoms with Gasteiger partial charge in [0, 0.05) is 13.5 Å². The summed E-state index contributed by atoms with van der Waals surface area (Å²) in [6.45, 7) is 0.910. The molecule has 3 aliphatic rings. The molecular weight excluding hydrogens is 364 g/mol. The number of fused-ring (bicyclic) bond motifs is 2. The van der Waals surface area contributed by atoms with Gasteiger partial charge in [-0.1, -0.05) is 4.99 Å². The van der Waals surface area contributed by atoms with Gasteiger partial charge in [-0.3, -0.25) is 19.4 Å². The fourth-order valence-electron chi connectivity index (χ4n) is 3.76. The Labute approximate surface area is 161 Å². The van der Waals surface area contributed by atoms with E-state index < -0.39 is 30.4 Å². The van der Waals surface area contributed by atoms with Crippen LogP contribution in [0.5, 0.6) is 5.75 Å². The van der Waals surface area contributed by atoms with E-state index in [-0.39, 0.29) is 0 Å². The Morgan fingerprint density at radius 1 is 1.32 bits per heavy atom. The molecule has 10 nitrogen and oxygen atoms in total. The maximum atomic E-state index is 13.0. The first-order valence-electron chi connectivity index (χ1n) is 8.93. The average Bonchev–Trinajstić information content (AvgIpc) is 3.09. The number of nitrogens with zero attached hydrogens (tertiary/aromatic N) is 5. The number of aliphatic imine (C=N–C) groups is 1. The van der Waals surface area contributed by atoms with E-state index in [1.165, 1.54) is 4.90 Å². The van der Waals surface area contributed by atoms with Crippen LogP contribution in [0.4, 0.5) is 10.5 Å². The van der Waals surface area contributed by atoms with Crippen LogP contribution in [0, 0.1) is 0 Å². The Balaban J connectivity index is 1.73. The zero-order valence-electron chi connectivity index (χ0n) is 15.7. The van der Waals surface area contributed by atoms with Crippen LogP contribution in [0.2, 0.25) is 0 Å². The predicted molar refractivity (Wildman–Crippen MR) is 100 cm³/mol. The second-order valence-electron chi connectivity index (χ2n) is 6.80. The smallest absolute Gasteiger partial charge is 0.397 e. The molecule has 0 saturated carbocycles. The van der Waals surface area contributed by atoms with Crippen LogP contribution in [-0.4, -0.2) is 83.8 Å². The van der Waals surface area contributed by atoms with Gasteiger partial charge in [-0.25, -0.2) is 14.3 Å². The van der Waals surface area contributed by atoms with Gasteiger partial charge < -0.3 is 10.5 Å². The zero-order valence-corrected chi connectivity index (χ0v) is 15.7. The van der Waals surface area contributed by atoms with E-state index in [0.29, 0.717) is 18.3 Å². The molecule has 0 aliphatic carbocycles. The lowest BCUT2D eigenvalue weighted by Crippen LogP contribution is -2.64. The number of hydrogen-bond donors (Lipinski definition) is 1. The number of hydrogen-bond acceptors (Lipinski definition) is 6. The number of carbonyl (C=O) groups excluding carboxylic acids is 3. The summed E-state index contributed by atoms with van der Waals surface area (Å²) in [5, 5.41) is 0. The molecule has 1 aromatic carbocycles.